The minimum absolute atomic E-state index is 0.00353. The maximum atomic E-state index is 12.2. The van der Waals surface area contributed by atoms with Crippen molar-refractivity contribution in [2.24, 2.45) is 0 Å². The Morgan fingerprint density at radius 2 is 2.29 bits per heavy atom. The summed E-state index contributed by atoms with van der Waals surface area (Å²) in [6.07, 6.45) is 6.59. The molecule has 0 spiro atoms. The van der Waals surface area contributed by atoms with Gasteiger partial charge < -0.3 is 14.6 Å². The quantitative estimate of drug-likeness (QED) is 0.797. The number of fused-ring (bicyclic) bond motifs is 1. The average molecular weight is 289 g/mol. The second-order valence-electron chi connectivity index (χ2n) is 5.19. The van der Waals surface area contributed by atoms with Crippen molar-refractivity contribution in [3.8, 4) is 0 Å². The molecule has 5 heteroatoms. The lowest BCUT2D eigenvalue weighted by Crippen LogP contribution is -2.33. The van der Waals surface area contributed by atoms with Crippen molar-refractivity contribution in [1.29, 1.82) is 0 Å². The zero-order valence-corrected chi connectivity index (χ0v) is 12.9. The van der Waals surface area contributed by atoms with E-state index in [9.17, 15) is 4.79 Å². The molecule has 0 aliphatic heterocycles. The topological polar surface area (TPSA) is 56.1 Å². The first-order valence-electron chi connectivity index (χ1n) is 7.41. The Balaban J connectivity index is 2.01. The summed E-state index contributed by atoms with van der Waals surface area (Å²) >= 11 is 0. The third-order valence-corrected chi connectivity index (χ3v) is 3.52. The number of amides is 1. The zero-order chi connectivity index (χ0) is 15.2. The Kier molecular flexibility index (Phi) is 5.33. The summed E-state index contributed by atoms with van der Waals surface area (Å²) < 4.78 is 7.36. The van der Waals surface area contributed by atoms with Gasteiger partial charge in [0.15, 0.2) is 0 Å². The summed E-state index contributed by atoms with van der Waals surface area (Å²) in [5.41, 5.74) is 2.16. The molecular weight excluding hydrogens is 266 g/mol. The maximum absolute atomic E-state index is 12.2. The second-order valence-corrected chi connectivity index (χ2v) is 5.19. The van der Waals surface area contributed by atoms with E-state index in [-0.39, 0.29) is 11.9 Å². The van der Waals surface area contributed by atoms with Gasteiger partial charge >= 0.3 is 0 Å². The minimum Gasteiger partial charge on any atom is -0.380 e. The van der Waals surface area contributed by atoms with E-state index < -0.39 is 0 Å². The van der Waals surface area contributed by atoms with Gasteiger partial charge in [-0.2, -0.15) is 0 Å². The lowest BCUT2D eigenvalue weighted by atomic mass is 10.2. The minimum atomic E-state index is -0.255. The van der Waals surface area contributed by atoms with Crippen molar-refractivity contribution in [3.63, 3.8) is 0 Å². The summed E-state index contributed by atoms with van der Waals surface area (Å²) in [6.45, 7) is 7.84. The highest BCUT2D eigenvalue weighted by molar-refractivity contribution is 5.87. The molecule has 1 N–H and O–H groups in total. The number of aryl methyl sites for hydroxylation is 1. The summed E-state index contributed by atoms with van der Waals surface area (Å²) in [5, 5.41) is 4.00. The van der Waals surface area contributed by atoms with Crippen molar-refractivity contribution in [3.05, 3.63) is 30.2 Å². The van der Waals surface area contributed by atoms with E-state index in [4.69, 9.17) is 4.74 Å². The molecule has 0 aliphatic carbocycles. The highest BCUT2D eigenvalue weighted by Gasteiger charge is 2.17. The molecule has 0 saturated heterocycles. The van der Waals surface area contributed by atoms with Gasteiger partial charge in [-0.25, -0.2) is 0 Å². The highest BCUT2D eigenvalue weighted by atomic mass is 16.5. The Bertz CT molecular complexity index is 607. The summed E-state index contributed by atoms with van der Waals surface area (Å²) in [6, 6.07) is 1.69. The fourth-order valence-electron chi connectivity index (χ4n) is 2.35. The number of carbonyl (C=O) groups excluding carboxylic acids is 1. The molecule has 0 aromatic carbocycles. The van der Waals surface area contributed by atoms with Crippen LogP contribution >= 0.6 is 0 Å². The lowest BCUT2D eigenvalue weighted by molar-refractivity contribution is -0.124. The van der Waals surface area contributed by atoms with Crippen molar-refractivity contribution in [2.75, 3.05) is 19.8 Å². The molecule has 1 amide bonds. The van der Waals surface area contributed by atoms with Gasteiger partial charge in [0.25, 0.3) is 0 Å². The smallest absolute Gasteiger partial charge is 0.242 e. The van der Waals surface area contributed by atoms with Crippen LogP contribution in [0.15, 0.2) is 24.7 Å². The number of nitrogens with zero attached hydrogens (tertiary/aromatic N) is 2. The number of aromatic nitrogens is 2. The van der Waals surface area contributed by atoms with Crippen LogP contribution in [0, 0.1) is 6.92 Å². The van der Waals surface area contributed by atoms with Gasteiger partial charge in [-0.1, -0.05) is 6.92 Å². The van der Waals surface area contributed by atoms with E-state index in [1.807, 2.05) is 36.9 Å². The lowest BCUT2D eigenvalue weighted by Gasteiger charge is -2.15. The third-order valence-electron chi connectivity index (χ3n) is 3.52. The SMILES string of the molecule is CCCOCCNC(=O)C(C)n1cc(C)c2cnccc21. The number of ether oxygens (including phenoxy) is 1. The van der Waals surface area contributed by atoms with E-state index in [0.29, 0.717) is 13.2 Å². The Morgan fingerprint density at radius 3 is 3.05 bits per heavy atom. The van der Waals surface area contributed by atoms with Crippen LogP contribution in [0.4, 0.5) is 0 Å². The Morgan fingerprint density at radius 1 is 1.48 bits per heavy atom. The largest absolute Gasteiger partial charge is 0.380 e. The fraction of sp³-hybridized carbons (Fsp3) is 0.500. The van der Waals surface area contributed by atoms with Gasteiger partial charge in [0.05, 0.1) is 12.1 Å². The van der Waals surface area contributed by atoms with Crippen LogP contribution < -0.4 is 5.32 Å². The number of rotatable bonds is 7. The second kappa shape index (κ2) is 7.22. The molecule has 21 heavy (non-hydrogen) atoms. The van der Waals surface area contributed by atoms with Crippen LogP contribution in [0.1, 0.15) is 31.9 Å². The van der Waals surface area contributed by atoms with Crippen molar-refractivity contribution in [2.45, 2.75) is 33.2 Å². The van der Waals surface area contributed by atoms with Gasteiger partial charge in [-0.15, -0.1) is 0 Å². The number of hydrogen-bond donors (Lipinski definition) is 1. The third kappa shape index (κ3) is 3.61. The highest BCUT2D eigenvalue weighted by Crippen LogP contribution is 2.23. The van der Waals surface area contributed by atoms with Crippen LogP contribution in [-0.4, -0.2) is 35.2 Å². The molecule has 114 valence electrons. The zero-order valence-electron chi connectivity index (χ0n) is 12.9. The predicted molar refractivity (Wildman–Crippen MR) is 83.3 cm³/mol. The normalized spacial score (nSPS) is 12.5. The van der Waals surface area contributed by atoms with E-state index in [0.717, 1.165) is 29.5 Å². The van der Waals surface area contributed by atoms with Crippen LogP contribution in [0.2, 0.25) is 0 Å². The van der Waals surface area contributed by atoms with Gasteiger partial charge in [-0.05, 0) is 31.9 Å². The monoisotopic (exact) mass is 289 g/mol. The van der Waals surface area contributed by atoms with Crippen molar-refractivity contribution >= 4 is 16.8 Å². The number of hydrogen-bond acceptors (Lipinski definition) is 3. The molecule has 0 saturated carbocycles. The molecule has 5 nitrogen and oxygen atoms in total. The predicted octanol–water partition coefficient (Wildman–Crippen LogP) is 2.45. The van der Waals surface area contributed by atoms with E-state index >= 15 is 0 Å². The Labute approximate surface area is 125 Å². The standard InChI is InChI=1S/C16H23N3O2/c1-4-8-21-9-7-18-16(20)13(3)19-11-12(2)14-10-17-6-5-15(14)19/h5-6,10-11,13H,4,7-9H2,1-3H3,(H,18,20). The number of pyridine rings is 1. The molecule has 2 heterocycles. The molecule has 0 bridgehead atoms. The number of nitrogens with one attached hydrogen (secondary N) is 1. The first-order valence-corrected chi connectivity index (χ1v) is 7.41. The van der Waals surface area contributed by atoms with E-state index in [1.165, 1.54) is 0 Å². The summed E-state index contributed by atoms with van der Waals surface area (Å²) in [7, 11) is 0. The molecule has 0 radical (unpaired) electrons. The van der Waals surface area contributed by atoms with Crippen molar-refractivity contribution in [1.82, 2.24) is 14.9 Å². The molecule has 2 rings (SSSR count). The first kappa shape index (κ1) is 15.5. The molecule has 1 atom stereocenters. The summed E-state index contributed by atoms with van der Waals surface area (Å²) in [4.78, 5) is 16.4. The molecule has 2 aromatic heterocycles. The van der Waals surface area contributed by atoms with Crippen LogP contribution in [-0.2, 0) is 9.53 Å². The van der Waals surface area contributed by atoms with E-state index in [2.05, 4.69) is 17.2 Å². The summed E-state index contributed by atoms with van der Waals surface area (Å²) in [5.74, 6) is 0.00353. The van der Waals surface area contributed by atoms with Crippen LogP contribution in [0.25, 0.3) is 10.9 Å². The maximum Gasteiger partial charge on any atom is 0.242 e. The number of carbonyl (C=O) groups is 1. The van der Waals surface area contributed by atoms with Crippen LogP contribution in [0.3, 0.4) is 0 Å². The van der Waals surface area contributed by atoms with Gasteiger partial charge in [0.2, 0.25) is 5.91 Å². The fourth-order valence-corrected chi connectivity index (χ4v) is 2.35. The average Bonchev–Trinajstić information content (AvgIpc) is 2.84. The van der Waals surface area contributed by atoms with Gasteiger partial charge in [-0.3, -0.25) is 9.78 Å². The molecule has 2 aromatic rings. The molecule has 0 aliphatic rings. The Hall–Kier alpha value is -1.88. The first-order chi connectivity index (χ1) is 10.1. The van der Waals surface area contributed by atoms with Gasteiger partial charge in [0.1, 0.15) is 6.04 Å². The van der Waals surface area contributed by atoms with Crippen LogP contribution in [0.5, 0.6) is 0 Å². The van der Waals surface area contributed by atoms with Crippen molar-refractivity contribution < 1.29 is 9.53 Å². The molecule has 0 fully saturated rings. The molecule has 1 unspecified atom stereocenters. The van der Waals surface area contributed by atoms with Gasteiger partial charge in [0, 0.05) is 37.1 Å². The van der Waals surface area contributed by atoms with E-state index in [1.54, 1.807) is 6.20 Å². The molecular formula is C16H23N3O2.